The molecule has 3 aliphatic rings. The van der Waals surface area contributed by atoms with Gasteiger partial charge in [-0.1, -0.05) is 6.08 Å². The average molecular weight is 307 g/mol. The van der Waals surface area contributed by atoms with Gasteiger partial charge in [-0.15, -0.1) is 0 Å². The summed E-state index contributed by atoms with van der Waals surface area (Å²) in [4.78, 5) is 26.0. The number of hydrogen-bond donors (Lipinski definition) is 1. The Bertz CT molecular complexity index is 523. The predicted molar refractivity (Wildman–Crippen MR) is 78.0 cm³/mol. The molecule has 3 unspecified atom stereocenters. The molecule has 1 N–H and O–H groups in total. The van der Waals surface area contributed by atoms with Gasteiger partial charge in [0.2, 0.25) is 5.91 Å². The highest BCUT2D eigenvalue weighted by Gasteiger charge is 2.42. The predicted octanol–water partition coefficient (Wildman–Crippen LogP) is 1.33. The summed E-state index contributed by atoms with van der Waals surface area (Å²) in [7, 11) is 0. The number of carbonyl (C=O) groups excluding carboxylic acids is 1. The number of ether oxygens (including phenoxy) is 2. The standard InChI is InChI=1S/C16H21NO5/c1-2-22-14-7-10(3-6-13(14)16(19)20)15(18)17-11-4-5-12(17)9-21-8-11/h6-7,10-12H,2-5,8-9H2,1H3,(H,19,20). The molecule has 2 aliphatic heterocycles. The third kappa shape index (κ3) is 2.63. The summed E-state index contributed by atoms with van der Waals surface area (Å²) in [6.45, 7) is 3.38. The zero-order chi connectivity index (χ0) is 15.7. The van der Waals surface area contributed by atoms with Gasteiger partial charge in [0.1, 0.15) is 5.76 Å². The highest BCUT2D eigenvalue weighted by Crippen LogP contribution is 2.33. The number of aliphatic carboxylic acids is 1. The van der Waals surface area contributed by atoms with Crippen molar-refractivity contribution in [2.45, 2.75) is 38.3 Å². The van der Waals surface area contributed by atoms with E-state index in [9.17, 15) is 14.7 Å². The number of allylic oxidation sites excluding steroid dienone is 1. The van der Waals surface area contributed by atoms with E-state index in [-0.39, 0.29) is 29.5 Å². The minimum absolute atomic E-state index is 0.0636. The lowest BCUT2D eigenvalue weighted by Gasteiger charge is -2.37. The van der Waals surface area contributed by atoms with Crippen LogP contribution in [0.2, 0.25) is 0 Å². The third-order valence-corrected chi connectivity index (χ3v) is 4.54. The maximum absolute atomic E-state index is 12.8. The molecule has 0 aromatic carbocycles. The van der Waals surface area contributed by atoms with Crippen LogP contribution in [0.4, 0.5) is 0 Å². The highest BCUT2D eigenvalue weighted by molar-refractivity contribution is 5.92. The average Bonchev–Trinajstić information content (AvgIpc) is 2.75. The lowest BCUT2D eigenvalue weighted by atomic mass is 9.93. The molecule has 22 heavy (non-hydrogen) atoms. The number of morpholine rings is 1. The van der Waals surface area contributed by atoms with Crippen LogP contribution in [0.15, 0.2) is 23.5 Å². The molecule has 0 spiro atoms. The fourth-order valence-electron chi connectivity index (χ4n) is 3.51. The maximum atomic E-state index is 12.8. The summed E-state index contributed by atoms with van der Waals surface area (Å²) in [5, 5.41) is 9.20. The van der Waals surface area contributed by atoms with Crippen LogP contribution in [0.25, 0.3) is 0 Å². The Labute approximate surface area is 129 Å². The van der Waals surface area contributed by atoms with Gasteiger partial charge < -0.3 is 19.5 Å². The SMILES string of the molecule is CCOC1=CC(C(=O)N2C3CCC2COC3)CC=C1C(=O)O. The number of fused-ring (bicyclic) bond motifs is 2. The van der Waals surface area contributed by atoms with Crippen LogP contribution >= 0.6 is 0 Å². The molecule has 0 aromatic heterocycles. The Balaban J connectivity index is 1.78. The summed E-state index contributed by atoms with van der Waals surface area (Å²) in [6.07, 6.45) is 5.65. The first-order valence-electron chi connectivity index (χ1n) is 7.80. The molecule has 0 saturated carbocycles. The van der Waals surface area contributed by atoms with Crippen molar-refractivity contribution < 1.29 is 24.2 Å². The molecule has 6 nitrogen and oxygen atoms in total. The summed E-state index contributed by atoms with van der Waals surface area (Å²) in [5.41, 5.74) is 0.149. The van der Waals surface area contributed by atoms with E-state index in [1.165, 1.54) is 0 Å². The molecule has 2 heterocycles. The van der Waals surface area contributed by atoms with Gasteiger partial charge in [0.15, 0.2) is 0 Å². The first kappa shape index (κ1) is 15.1. The second kappa shape index (κ2) is 6.12. The van der Waals surface area contributed by atoms with Crippen molar-refractivity contribution >= 4 is 11.9 Å². The van der Waals surface area contributed by atoms with Gasteiger partial charge in [-0.2, -0.15) is 0 Å². The van der Waals surface area contributed by atoms with Gasteiger partial charge >= 0.3 is 5.97 Å². The van der Waals surface area contributed by atoms with Gasteiger partial charge in [0.05, 0.1) is 43.4 Å². The summed E-state index contributed by atoms with van der Waals surface area (Å²) in [5.74, 6) is -0.989. The third-order valence-electron chi connectivity index (χ3n) is 4.54. The van der Waals surface area contributed by atoms with Crippen molar-refractivity contribution in [2.75, 3.05) is 19.8 Å². The smallest absolute Gasteiger partial charge is 0.339 e. The molecule has 2 saturated heterocycles. The highest BCUT2D eigenvalue weighted by atomic mass is 16.5. The Morgan fingerprint density at radius 1 is 1.36 bits per heavy atom. The van der Waals surface area contributed by atoms with Crippen LogP contribution in [-0.2, 0) is 19.1 Å². The molecular weight excluding hydrogens is 286 g/mol. The minimum atomic E-state index is -1.02. The second-order valence-electron chi connectivity index (χ2n) is 5.90. The number of carbonyl (C=O) groups is 2. The van der Waals surface area contributed by atoms with Crippen LogP contribution in [-0.4, -0.2) is 53.8 Å². The van der Waals surface area contributed by atoms with E-state index in [2.05, 4.69) is 0 Å². The van der Waals surface area contributed by atoms with E-state index < -0.39 is 5.97 Å². The van der Waals surface area contributed by atoms with Crippen molar-refractivity contribution in [1.29, 1.82) is 0 Å². The lowest BCUT2D eigenvalue weighted by molar-refractivity contribution is -0.144. The second-order valence-corrected chi connectivity index (χ2v) is 5.90. The molecule has 2 fully saturated rings. The van der Waals surface area contributed by atoms with Crippen LogP contribution < -0.4 is 0 Å². The fourth-order valence-corrected chi connectivity index (χ4v) is 3.51. The molecule has 3 rings (SSSR count). The molecule has 1 aliphatic carbocycles. The minimum Gasteiger partial charge on any atom is -0.493 e. The van der Waals surface area contributed by atoms with Crippen molar-refractivity contribution in [1.82, 2.24) is 4.90 Å². The number of hydrogen-bond acceptors (Lipinski definition) is 4. The molecule has 120 valence electrons. The van der Waals surface area contributed by atoms with E-state index >= 15 is 0 Å². The number of carboxylic acid groups (broad SMARTS) is 1. The van der Waals surface area contributed by atoms with Crippen LogP contribution in [0.1, 0.15) is 26.2 Å². The van der Waals surface area contributed by atoms with Gasteiger partial charge in [-0.25, -0.2) is 4.79 Å². The normalized spacial score (nSPS) is 30.6. The summed E-state index contributed by atoms with van der Waals surface area (Å²) < 4.78 is 10.9. The van der Waals surface area contributed by atoms with Crippen LogP contribution in [0, 0.1) is 5.92 Å². The Hall–Kier alpha value is -1.82. The zero-order valence-corrected chi connectivity index (χ0v) is 12.7. The number of carboxylic acids is 1. The monoisotopic (exact) mass is 307 g/mol. The molecular formula is C16H21NO5. The van der Waals surface area contributed by atoms with Crippen molar-refractivity contribution in [2.24, 2.45) is 5.92 Å². The van der Waals surface area contributed by atoms with E-state index in [4.69, 9.17) is 9.47 Å². The fraction of sp³-hybridized carbons (Fsp3) is 0.625. The largest absolute Gasteiger partial charge is 0.493 e. The Morgan fingerprint density at radius 3 is 2.64 bits per heavy atom. The molecule has 2 bridgehead atoms. The Morgan fingerprint density at radius 2 is 2.05 bits per heavy atom. The topological polar surface area (TPSA) is 76.1 Å². The quantitative estimate of drug-likeness (QED) is 0.848. The molecule has 0 aromatic rings. The molecule has 1 amide bonds. The van der Waals surface area contributed by atoms with Gasteiger partial charge in [-0.05, 0) is 32.3 Å². The Kier molecular flexibility index (Phi) is 4.20. The van der Waals surface area contributed by atoms with Crippen molar-refractivity contribution in [3.63, 3.8) is 0 Å². The number of amides is 1. The summed E-state index contributed by atoms with van der Waals surface area (Å²) in [6, 6.07) is 0.333. The number of rotatable bonds is 4. The zero-order valence-electron chi connectivity index (χ0n) is 12.7. The van der Waals surface area contributed by atoms with E-state index in [1.54, 1.807) is 19.1 Å². The van der Waals surface area contributed by atoms with Gasteiger partial charge in [-0.3, -0.25) is 4.79 Å². The maximum Gasteiger partial charge on any atom is 0.339 e. The van der Waals surface area contributed by atoms with Gasteiger partial charge in [0, 0.05) is 0 Å². The van der Waals surface area contributed by atoms with Crippen molar-refractivity contribution in [3.05, 3.63) is 23.5 Å². The first-order valence-corrected chi connectivity index (χ1v) is 7.80. The molecule has 6 heteroatoms. The molecule has 3 atom stereocenters. The lowest BCUT2D eigenvalue weighted by Crippen LogP contribution is -2.51. The van der Waals surface area contributed by atoms with Gasteiger partial charge in [0.25, 0.3) is 0 Å². The van der Waals surface area contributed by atoms with Crippen LogP contribution in [0.3, 0.4) is 0 Å². The molecule has 0 radical (unpaired) electrons. The first-order chi connectivity index (χ1) is 10.6. The van der Waals surface area contributed by atoms with Crippen LogP contribution in [0.5, 0.6) is 0 Å². The van der Waals surface area contributed by atoms with E-state index in [1.807, 2.05) is 4.90 Å². The number of nitrogens with zero attached hydrogens (tertiary/aromatic N) is 1. The van der Waals surface area contributed by atoms with Crippen molar-refractivity contribution in [3.8, 4) is 0 Å². The summed E-state index contributed by atoms with van der Waals surface area (Å²) >= 11 is 0. The van der Waals surface area contributed by atoms with E-state index in [0.29, 0.717) is 32.0 Å². The van der Waals surface area contributed by atoms with E-state index in [0.717, 1.165) is 12.8 Å².